The Morgan fingerprint density at radius 2 is 1.27 bits per heavy atom. The number of nitrogens with zero attached hydrogens (tertiary/aromatic N) is 4. The molecule has 0 aromatic rings. The first-order chi connectivity index (χ1) is 25.4. The summed E-state index contributed by atoms with van der Waals surface area (Å²) in [5.41, 5.74) is -3.82. The van der Waals surface area contributed by atoms with Crippen LogP contribution in [0.25, 0.3) is 0 Å². The first kappa shape index (κ1) is 47.5. The van der Waals surface area contributed by atoms with Crippen molar-refractivity contribution in [3.8, 4) is 0 Å². The monoisotopic (exact) mass is 782 g/mol. The van der Waals surface area contributed by atoms with E-state index < -0.39 is 57.7 Å². The minimum absolute atomic E-state index is 0.00473. The topological polar surface area (TPSA) is 179 Å². The molecule has 0 aromatic heterocycles. The molecule has 2 aliphatic heterocycles. The van der Waals surface area contributed by atoms with E-state index in [1.807, 2.05) is 18.7 Å². The summed E-state index contributed by atoms with van der Waals surface area (Å²) in [5.74, 6) is -2.66. The molecule has 0 aliphatic carbocycles. The predicted octanol–water partition coefficient (Wildman–Crippen LogP) is 3.57. The van der Waals surface area contributed by atoms with E-state index in [2.05, 4.69) is 9.80 Å². The van der Waals surface area contributed by atoms with Crippen molar-refractivity contribution in [3.63, 3.8) is 0 Å². The van der Waals surface area contributed by atoms with Gasteiger partial charge in [0, 0.05) is 57.5 Å². The van der Waals surface area contributed by atoms with Crippen molar-refractivity contribution in [1.29, 1.82) is 0 Å². The number of hydroxylamine groups is 2. The van der Waals surface area contributed by atoms with Gasteiger partial charge in [0.1, 0.15) is 22.4 Å². The third-order valence-corrected chi connectivity index (χ3v) is 9.55. The van der Waals surface area contributed by atoms with Crippen molar-refractivity contribution in [1.82, 2.24) is 19.8 Å². The fourth-order valence-corrected chi connectivity index (χ4v) is 6.62. The SMILES string of the molecule is CC(C)(C)OC(=O)CN1CCN(CCC(C)(C)OC=O)CCC(CCCCC(=O)ON2C(=O)CCC2=O)(N(CCC(C)(C)OC=O)CC(=O)OC(C)(C)C)C1. The fraction of sp³-hybridized carbons (Fsp3) is 0.821. The van der Waals surface area contributed by atoms with E-state index in [0.717, 1.165) is 0 Å². The lowest BCUT2D eigenvalue weighted by Gasteiger charge is -2.50. The average molecular weight is 783 g/mol. The van der Waals surface area contributed by atoms with E-state index in [4.69, 9.17) is 23.8 Å². The third kappa shape index (κ3) is 17.8. The van der Waals surface area contributed by atoms with Gasteiger partial charge in [-0.05, 0) is 108 Å². The van der Waals surface area contributed by atoms with Crippen LogP contribution in [0.5, 0.6) is 0 Å². The Kier molecular flexibility index (Phi) is 17.7. The van der Waals surface area contributed by atoms with Crippen molar-refractivity contribution in [2.24, 2.45) is 0 Å². The van der Waals surface area contributed by atoms with E-state index in [-0.39, 0.29) is 32.4 Å². The average Bonchev–Trinajstić information content (AvgIpc) is 3.33. The molecule has 1 unspecified atom stereocenters. The van der Waals surface area contributed by atoms with Crippen molar-refractivity contribution in [2.75, 3.05) is 52.4 Å². The first-order valence-electron chi connectivity index (χ1n) is 19.3. The molecular weight excluding hydrogens is 716 g/mol. The number of carbonyl (C=O) groups excluding carboxylic acids is 7. The van der Waals surface area contributed by atoms with Gasteiger partial charge in [0.2, 0.25) is 0 Å². The van der Waals surface area contributed by atoms with Crippen LogP contribution < -0.4 is 0 Å². The molecule has 0 radical (unpaired) electrons. The zero-order valence-corrected chi connectivity index (χ0v) is 34.9. The number of imide groups is 1. The Labute approximate surface area is 326 Å². The van der Waals surface area contributed by atoms with Gasteiger partial charge in [-0.1, -0.05) is 6.42 Å². The molecule has 0 saturated carbocycles. The van der Waals surface area contributed by atoms with Gasteiger partial charge in [0.15, 0.2) is 0 Å². The maximum atomic E-state index is 13.6. The van der Waals surface area contributed by atoms with Crippen LogP contribution in [0.2, 0.25) is 0 Å². The van der Waals surface area contributed by atoms with Crippen LogP contribution in [-0.4, -0.2) is 143 Å². The van der Waals surface area contributed by atoms with Gasteiger partial charge < -0.3 is 28.7 Å². The number of rotatable bonds is 21. The molecule has 2 rings (SSSR count). The van der Waals surface area contributed by atoms with E-state index in [1.165, 1.54) is 0 Å². The van der Waals surface area contributed by atoms with Gasteiger partial charge in [-0.3, -0.25) is 38.6 Å². The molecule has 2 aliphatic rings. The molecule has 0 aromatic carbocycles. The minimum Gasteiger partial charge on any atom is -0.462 e. The van der Waals surface area contributed by atoms with Gasteiger partial charge >= 0.3 is 17.9 Å². The van der Waals surface area contributed by atoms with E-state index in [9.17, 15) is 33.6 Å². The van der Waals surface area contributed by atoms with Gasteiger partial charge in [0.05, 0.1) is 13.1 Å². The maximum Gasteiger partial charge on any atom is 0.333 e. The van der Waals surface area contributed by atoms with Crippen LogP contribution in [0.3, 0.4) is 0 Å². The number of amides is 2. The molecular formula is C39H66N4O12. The molecule has 16 heteroatoms. The van der Waals surface area contributed by atoms with Gasteiger partial charge in [-0.25, -0.2) is 4.79 Å². The van der Waals surface area contributed by atoms with E-state index >= 15 is 0 Å². The molecule has 0 bridgehead atoms. The molecule has 0 N–H and O–H groups in total. The summed E-state index contributed by atoms with van der Waals surface area (Å²) < 4.78 is 22.3. The number of esters is 2. The van der Waals surface area contributed by atoms with Crippen molar-refractivity contribution in [2.45, 2.75) is 155 Å². The number of hydrogen-bond acceptors (Lipinski definition) is 15. The molecule has 314 valence electrons. The summed E-state index contributed by atoms with van der Waals surface area (Å²) in [4.78, 5) is 97.8. The minimum atomic E-state index is -0.864. The highest BCUT2D eigenvalue weighted by Crippen LogP contribution is 2.33. The second-order valence-electron chi connectivity index (χ2n) is 17.8. The molecule has 2 fully saturated rings. The second kappa shape index (κ2) is 20.5. The molecule has 2 heterocycles. The predicted molar refractivity (Wildman–Crippen MR) is 201 cm³/mol. The summed E-state index contributed by atoms with van der Waals surface area (Å²) in [6.45, 7) is 21.8. The highest BCUT2D eigenvalue weighted by atomic mass is 16.7. The van der Waals surface area contributed by atoms with Crippen LogP contribution in [0.1, 0.15) is 127 Å². The molecule has 2 amide bonds. The summed E-state index contributed by atoms with van der Waals surface area (Å²) in [6.07, 6.45) is 2.69. The number of hydrogen-bond donors (Lipinski definition) is 0. The number of unbranched alkanes of at least 4 members (excludes halogenated alkanes) is 1. The van der Waals surface area contributed by atoms with Crippen LogP contribution in [-0.2, 0) is 57.3 Å². The standard InChI is InChI=1S/C39H66N4O12/c1-35(2,3)53-33(49)25-41-24-23-40(20-17-37(7,8)51-28-44)21-19-39(27-41,16-12-11-13-32(48)55-43-30(46)14-15-31(43)47)42(22-18-38(9,10)52-29-45)26-34(50)54-36(4,5)6/h28-29H,11-27H2,1-10H3. The highest BCUT2D eigenvalue weighted by molar-refractivity contribution is 6.01. The van der Waals surface area contributed by atoms with E-state index in [1.54, 1.807) is 55.4 Å². The maximum absolute atomic E-state index is 13.6. The smallest absolute Gasteiger partial charge is 0.333 e. The van der Waals surface area contributed by atoms with Crippen LogP contribution >= 0.6 is 0 Å². The number of ether oxygens (including phenoxy) is 4. The van der Waals surface area contributed by atoms with Gasteiger partial charge in [-0.2, -0.15) is 0 Å². The Hall–Kier alpha value is -3.63. The molecule has 2 saturated heterocycles. The Bertz CT molecular complexity index is 1320. The molecule has 1 atom stereocenters. The summed E-state index contributed by atoms with van der Waals surface area (Å²) in [6, 6.07) is 0. The number of carbonyl (C=O) groups is 7. The highest BCUT2D eigenvalue weighted by Gasteiger charge is 2.42. The summed E-state index contributed by atoms with van der Waals surface area (Å²) in [7, 11) is 0. The third-order valence-electron chi connectivity index (χ3n) is 9.55. The largest absolute Gasteiger partial charge is 0.462 e. The van der Waals surface area contributed by atoms with Crippen LogP contribution in [0.4, 0.5) is 0 Å². The normalized spacial score (nSPS) is 19.4. The summed E-state index contributed by atoms with van der Waals surface area (Å²) in [5, 5.41) is 0.537. The van der Waals surface area contributed by atoms with Crippen molar-refractivity contribution in [3.05, 3.63) is 0 Å². The Morgan fingerprint density at radius 3 is 1.84 bits per heavy atom. The molecule has 0 spiro atoms. The lowest BCUT2D eigenvalue weighted by molar-refractivity contribution is -0.197. The Morgan fingerprint density at radius 1 is 0.727 bits per heavy atom. The molecule has 55 heavy (non-hydrogen) atoms. The van der Waals surface area contributed by atoms with Gasteiger partial charge in [0.25, 0.3) is 24.8 Å². The van der Waals surface area contributed by atoms with E-state index in [0.29, 0.717) is 95.8 Å². The first-order valence-corrected chi connectivity index (χ1v) is 19.3. The molecule has 16 nitrogen and oxygen atoms in total. The van der Waals surface area contributed by atoms with Crippen LogP contribution in [0.15, 0.2) is 0 Å². The Balaban J connectivity index is 2.56. The zero-order valence-electron chi connectivity index (χ0n) is 34.9. The lowest BCUT2D eigenvalue weighted by Crippen LogP contribution is -2.62. The lowest BCUT2D eigenvalue weighted by atomic mass is 9.84. The summed E-state index contributed by atoms with van der Waals surface area (Å²) >= 11 is 0. The van der Waals surface area contributed by atoms with Gasteiger partial charge in [-0.15, -0.1) is 5.06 Å². The quantitative estimate of drug-likeness (QED) is 0.0542. The van der Waals surface area contributed by atoms with Crippen molar-refractivity contribution >= 4 is 42.7 Å². The van der Waals surface area contributed by atoms with Crippen molar-refractivity contribution < 1.29 is 57.3 Å². The van der Waals surface area contributed by atoms with Crippen LogP contribution in [0, 0.1) is 0 Å². The fourth-order valence-electron chi connectivity index (χ4n) is 6.62. The zero-order chi connectivity index (χ0) is 41.7. The second-order valence-corrected chi connectivity index (χ2v) is 17.8.